The molecule has 0 aliphatic rings. The van der Waals surface area contributed by atoms with Gasteiger partial charge in [0.15, 0.2) is 18.2 Å². The largest absolute Gasteiger partial charge is 0.506 e. The van der Waals surface area contributed by atoms with E-state index in [2.05, 4.69) is 4.98 Å². The molecule has 0 aliphatic carbocycles. The number of nitrogens with zero attached hydrogens (tertiary/aromatic N) is 1. The van der Waals surface area contributed by atoms with Crippen LogP contribution in [0.2, 0.25) is 0 Å². The van der Waals surface area contributed by atoms with Crippen molar-refractivity contribution in [2.24, 2.45) is 0 Å². The van der Waals surface area contributed by atoms with Gasteiger partial charge in [-0.1, -0.05) is 37.3 Å². The van der Waals surface area contributed by atoms with E-state index < -0.39 is 18.4 Å². The molecule has 1 aromatic heterocycles. The number of benzene rings is 2. The molecular weight excluding hydrogens is 373 g/mol. The summed E-state index contributed by atoms with van der Waals surface area (Å²) in [5.41, 5.74) is 4.01. The van der Waals surface area contributed by atoms with Crippen molar-refractivity contribution in [2.45, 2.75) is 26.7 Å². The monoisotopic (exact) mass is 395 g/mol. The van der Waals surface area contributed by atoms with E-state index in [4.69, 9.17) is 9.84 Å². The van der Waals surface area contributed by atoms with Crippen LogP contribution in [0.4, 0.5) is 4.39 Å². The Morgan fingerprint density at radius 1 is 1.14 bits per heavy atom. The van der Waals surface area contributed by atoms with Crippen molar-refractivity contribution in [3.63, 3.8) is 0 Å². The van der Waals surface area contributed by atoms with Crippen molar-refractivity contribution in [1.82, 2.24) is 4.98 Å². The molecule has 0 aliphatic heterocycles. The predicted octanol–water partition coefficient (Wildman–Crippen LogP) is 4.52. The molecular formula is C23H22FNO4. The second kappa shape index (κ2) is 8.73. The fourth-order valence-corrected chi connectivity index (χ4v) is 3.31. The Labute approximate surface area is 168 Å². The third-order valence-electron chi connectivity index (χ3n) is 4.71. The maximum atomic E-state index is 14.9. The summed E-state index contributed by atoms with van der Waals surface area (Å²) < 4.78 is 20.0. The summed E-state index contributed by atoms with van der Waals surface area (Å²) in [5, 5.41) is 19.0. The summed E-state index contributed by atoms with van der Waals surface area (Å²) in [5.74, 6) is -1.69. The number of aliphatic carboxylic acids is 1. The quantitative estimate of drug-likeness (QED) is 0.615. The van der Waals surface area contributed by atoms with E-state index in [0.29, 0.717) is 29.8 Å². The van der Waals surface area contributed by atoms with Crippen molar-refractivity contribution in [2.75, 3.05) is 6.61 Å². The van der Waals surface area contributed by atoms with Crippen LogP contribution in [0.5, 0.6) is 11.5 Å². The maximum absolute atomic E-state index is 14.9. The zero-order chi connectivity index (χ0) is 21.0. The van der Waals surface area contributed by atoms with E-state index in [1.54, 1.807) is 12.1 Å². The lowest BCUT2D eigenvalue weighted by molar-refractivity contribution is -0.139. The molecule has 0 spiro atoms. The highest BCUT2D eigenvalue weighted by molar-refractivity contribution is 5.68. The summed E-state index contributed by atoms with van der Waals surface area (Å²) in [6.07, 6.45) is 0.807. The molecule has 29 heavy (non-hydrogen) atoms. The van der Waals surface area contributed by atoms with Gasteiger partial charge in [0.1, 0.15) is 11.4 Å². The van der Waals surface area contributed by atoms with Crippen LogP contribution in [0, 0.1) is 12.7 Å². The number of carboxylic acid groups (broad SMARTS) is 1. The number of hydrogen-bond acceptors (Lipinski definition) is 4. The van der Waals surface area contributed by atoms with Crippen LogP contribution in [0.1, 0.15) is 29.3 Å². The van der Waals surface area contributed by atoms with Crippen LogP contribution in [0.25, 0.3) is 11.3 Å². The molecule has 3 aromatic rings. The van der Waals surface area contributed by atoms with Gasteiger partial charge in [-0.05, 0) is 48.2 Å². The highest BCUT2D eigenvalue weighted by Crippen LogP contribution is 2.31. The summed E-state index contributed by atoms with van der Waals surface area (Å²) in [4.78, 5) is 15.3. The van der Waals surface area contributed by atoms with E-state index in [9.17, 15) is 14.3 Å². The Morgan fingerprint density at radius 2 is 1.86 bits per heavy atom. The molecule has 2 aromatic carbocycles. The topological polar surface area (TPSA) is 79.7 Å². The smallest absolute Gasteiger partial charge is 0.341 e. The molecule has 2 N–H and O–H groups in total. The Bertz CT molecular complexity index is 1030. The second-order valence-electron chi connectivity index (χ2n) is 6.71. The van der Waals surface area contributed by atoms with Gasteiger partial charge in [-0.15, -0.1) is 0 Å². The number of aryl methyl sites for hydroxylation is 1. The molecule has 0 amide bonds. The molecule has 6 heteroatoms. The SMILES string of the molecule is CCc1c(F)c(OCC(=O)O)cc(C)c1Cc1ccc(O)c(-c2ccccc2)n1. The first kappa shape index (κ1) is 20.3. The van der Waals surface area contributed by atoms with E-state index in [1.165, 1.54) is 6.07 Å². The third-order valence-corrected chi connectivity index (χ3v) is 4.71. The first-order valence-electron chi connectivity index (χ1n) is 9.30. The van der Waals surface area contributed by atoms with Crippen LogP contribution in [0.15, 0.2) is 48.5 Å². The van der Waals surface area contributed by atoms with Crippen LogP contribution >= 0.6 is 0 Å². The lowest BCUT2D eigenvalue weighted by Crippen LogP contribution is -2.12. The Morgan fingerprint density at radius 3 is 2.52 bits per heavy atom. The molecule has 5 nitrogen and oxygen atoms in total. The van der Waals surface area contributed by atoms with Gasteiger partial charge in [0.25, 0.3) is 0 Å². The minimum atomic E-state index is -1.16. The van der Waals surface area contributed by atoms with Crippen LogP contribution < -0.4 is 4.74 Å². The van der Waals surface area contributed by atoms with E-state index >= 15 is 0 Å². The number of carbonyl (C=O) groups is 1. The number of rotatable bonds is 7. The van der Waals surface area contributed by atoms with Gasteiger partial charge in [0.05, 0.1) is 0 Å². The number of aromatic hydroxyl groups is 1. The van der Waals surface area contributed by atoms with Crippen LogP contribution in [-0.2, 0) is 17.6 Å². The van der Waals surface area contributed by atoms with Gasteiger partial charge in [-0.3, -0.25) is 0 Å². The number of carboxylic acids is 1. The van der Waals surface area contributed by atoms with E-state index in [0.717, 1.165) is 16.7 Å². The van der Waals surface area contributed by atoms with Crippen molar-refractivity contribution >= 4 is 5.97 Å². The molecule has 0 radical (unpaired) electrons. The Balaban J connectivity index is 1.98. The molecule has 150 valence electrons. The maximum Gasteiger partial charge on any atom is 0.341 e. The van der Waals surface area contributed by atoms with Crippen LogP contribution in [0.3, 0.4) is 0 Å². The normalized spacial score (nSPS) is 10.7. The molecule has 0 atom stereocenters. The van der Waals surface area contributed by atoms with Gasteiger partial charge in [0, 0.05) is 17.7 Å². The number of aromatic nitrogens is 1. The number of ether oxygens (including phenoxy) is 1. The van der Waals surface area contributed by atoms with Gasteiger partial charge in [0.2, 0.25) is 0 Å². The third kappa shape index (κ3) is 4.54. The molecule has 0 saturated heterocycles. The molecule has 3 rings (SSSR count). The standard InChI is InChI=1S/C23H22FNO4/c1-3-17-18(14(2)11-20(22(17)24)29-13-21(27)28)12-16-9-10-19(26)23(25-16)15-7-5-4-6-8-15/h4-11,26H,3,12-13H2,1-2H3,(H,27,28). The fourth-order valence-electron chi connectivity index (χ4n) is 3.31. The van der Waals surface area contributed by atoms with Crippen molar-refractivity contribution in [3.05, 3.63) is 76.7 Å². The summed E-state index contributed by atoms with van der Waals surface area (Å²) >= 11 is 0. The summed E-state index contributed by atoms with van der Waals surface area (Å²) in [6, 6.07) is 14.2. The van der Waals surface area contributed by atoms with Gasteiger partial charge in [-0.25, -0.2) is 14.2 Å². The highest BCUT2D eigenvalue weighted by Gasteiger charge is 2.18. The first-order valence-corrected chi connectivity index (χ1v) is 9.30. The molecule has 1 heterocycles. The van der Waals surface area contributed by atoms with Crippen molar-refractivity contribution < 1.29 is 24.1 Å². The number of halogens is 1. The number of pyridine rings is 1. The average Bonchev–Trinajstić information content (AvgIpc) is 2.71. The molecule has 0 unspecified atom stereocenters. The number of hydrogen-bond donors (Lipinski definition) is 2. The van der Waals surface area contributed by atoms with Crippen LogP contribution in [-0.4, -0.2) is 27.8 Å². The lowest BCUT2D eigenvalue weighted by Gasteiger charge is -2.16. The molecule has 0 saturated carbocycles. The minimum Gasteiger partial charge on any atom is -0.506 e. The molecule has 0 bridgehead atoms. The Hall–Kier alpha value is -3.41. The fraction of sp³-hybridized carbons (Fsp3) is 0.217. The average molecular weight is 395 g/mol. The molecule has 0 fully saturated rings. The minimum absolute atomic E-state index is 0.0610. The van der Waals surface area contributed by atoms with Gasteiger partial charge >= 0.3 is 5.97 Å². The summed E-state index contributed by atoms with van der Waals surface area (Å²) in [6.45, 7) is 3.07. The zero-order valence-electron chi connectivity index (χ0n) is 16.3. The van der Waals surface area contributed by atoms with Crippen molar-refractivity contribution in [1.29, 1.82) is 0 Å². The predicted molar refractivity (Wildman–Crippen MR) is 108 cm³/mol. The first-order chi connectivity index (χ1) is 13.9. The van der Waals surface area contributed by atoms with E-state index in [-0.39, 0.29) is 11.5 Å². The lowest BCUT2D eigenvalue weighted by atomic mass is 9.94. The van der Waals surface area contributed by atoms with Crippen molar-refractivity contribution in [3.8, 4) is 22.8 Å². The zero-order valence-corrected chi connectivity index (χ0v) is 16.3. The summed E-state index contributed by atoms with van der Waals surface area (Å²) in [7, 11) is 0. The second-order valence-corrected chi connectivity index (χ2v) is 6.71. The van der Waals surface area contributed by atoms with Gasteiger partial charge in [-0.2, -0.15) is 0 Å². The highest BCUT2D eigenvalue weighted by atomic mass is 19.1. The Kier molecular flexibility index (Phi) is 6.12. The van der Waals surface area contributed by atoms with E-state index in [1.807, 2.05) is 44.2 Å². The van der Waals surface area contributed by atoms with Gasteiger partial charge < -0.3 is 14.9 Å².